The normalized spacial score (nSPS) is 19.7. The van der Waals surface area contributed by atoms with Crippen molar-refractivity contribution in [2.45, 2.75) is 19.1 Å². The van der Waals surface area contributed by atoms with E-state index in [0.717, 1.165) is 0 Å². The van der Waals surface area contributed by atoms with Gasteiger partial charge in [0.15, 0.2) is 17.3 Å². The molecule has 0 saturated carbocycles. The summed E-state index contributed by atoms with van der Waals surface area (Å²) in [4.78, 5) is 56.2. The number of hydrogen-bond acceptors (Lipinski definition) is 9. The Bertz CT molecular complexity index is 1900. The van der Waals surface area contributed by atoms with Crippen LogP contribution >= 0.6 is 0 Å². The van der Waals surface area contributed by atoms with Gasteiger partial charge in [-0.3, -0.25) is 19.2 Å². The molecule has 1 amide bonds. The third kappa shape index (κ3) is 2.89. The van der Waals surface area contributed by atoms with Crippen molar-refractivity contribution in [2.75, 3.05) is 27.4 Å². The number of ketones is 2. The van der Waals surface area contributed by atoms with Gasteiger partial charge in [-0.2, -0.15) is 0 Å². The first-order valence-electron chi connectivity index (χ1n) is 12.3. The number of phenols is 1. The standard InChI is InChI=1S/C29H21NO9/c1-29-11-13-8-12-4-5-14-21(19(12)25(33)20(13)28(35)30(29)6-7-38-29)26(34)22-23(31)15-9-17(36-2)18(37-3)10-16(15)39-27(22)24(14)32/h4-5,8-10,33H,6-7,11H2,1-3H3/t29-/m0/s1. The van der Waals surface area contributed by atoms with Crippen LogP contribution in [0.2, 0.25) is 0 Å². The van der Waals surface area contributed by atoms with E-state index in [1.165, 1.54) is 32.4 Å². The first-order valence-corrected chi connectivity index (χ1v) is 12.3. The molecule has 0 bridgehead atoms. The van der Waals surface area contributed by atoms with Gasteiger partial charge in [0.25, 0.3) is 5.91 Å². The molecule has 1 aliphatic carbocycles. The lowest BCUT2D eigenvalue weighted by Crippen LogP contribution is -2.51. The van der Waals surface area contributed by atoms with Crippen molar-refractivity contribution in [2.24, 2.45) is 0 Å². The fourth-order valence-electron chi connectivity index (χ4n) is 6.09. The minimum absolute atomic E-state index is 0.0290. The maximum Gasteiger partial charge on any atom is 0.260 e. The molecule has 0 spiro atoms. The maximum absolute atomic E-state index is 14.0. The lowest BCUT2D eigenvalue weighted by molar-refractivity contribution is -0.0568. The minimum Gasteiger partial charge on any atom is -0.506 e. The molecule has 10 heteroatoms. The van der Waals surface area contributed by atoms with Gasteiger partial charge in [-0.25, -0.2) is 0 Å². The molecule has 0 radical (unpaired) electrons. The van der Waals surface area contributed by atoms with Crippen LogP contribution < -0.4 is 14.9 Å². The number of ether oxygens (including phenoxy) is 3. The Labute approximate surface area is 220 Å². The Morgan fingerprint density at radius 2 is 1.69 bits per heavy atom. The van der Waals surface area contributed by atoms with Gasteiger partial charge in [0.1, 0.15) is 22.6 Å². The number of amides is 1. The number of fused-ring (bicyclic) bond motifs is 7. The van der Waals surface area contributed by atoms with Crippen LogP contribution in [0.25, 0.3) is 21.7 Å². The monoisotopic (exact) mass is 527 g/mol. The Balaban J connectivity index is 1.50. The number of benzene rings is 3. The van der Waals surface area contributed by atoms with E-state index in [1.807, 2.05) is 6.92 Å². The average Bonchev–Trinajstić information content (AvgIpc) is 3.31. The highest BCUT2D eigenvalue weighted by atomic mass is 16.5. The molecule has 1 fully saturated rings. The lowest BCUT2D eigenvalue weighted by atomic mass is 9.81. The van der Waals surface area contributed by atoms with Gasteiger partial charge in [-0.1, -0.05) is 6.07 Å². The van der Waals surface area contributed by atoms with E-state index in [0.29, 0.717) is 30.5 Å². The van der Waals surface area contributed by atoms with E-state index in [-0.39, 0.29) is 44.5 Å². The van der Waals surface area contributed by atoms with Crippen LogP contribution in [0.5, 0.6) is 17.2 Å². The number of carbonyl (C=O) groups excluding carboxylic acids is 3. The molecule has 3 aliphatic rings. The highest BCUT2D eigenvalue weighted by Gasteiger charge is 2.48. The molecule has 2 aliphatic heterocycles. The van der Waals surface area contributed by atoms with Crippen molar-refractivity contribution in [3.05, 3.63) is 74.1 Å². The summed E-state index contributed by atoms with van der Waals surface area (Å²) in [5.41, 5.74) is -1.46. The summed E-state index contributed by atoms with van der Waals surface area (Å²) in [6, 6.07) is 7.60. The molecule has 10 nitrogen and oxygen atoms in total. The fraction of sp³-hybridized carbons (Fsp3) is 0.241. The van der Waals surface area contributed by atoms with Gasteiger partial charge in [0.2, 0.25) is 17.0 Å². The van der Waals surface area contributed by atoms with E-state index < -0.39 is 45.7 Å². The second-order valence-corrected chi connectivity index (χ2v) is 10.00. The van der Waals surface area contributed by atoms with E-state index >= 15 is 0 Å². The molecule has 0 unspecified atom stereocenters. The summed E-state index contributed by atoms with van der Waals surface area (Å²) >= 11 is 0. The first kappa shape index (κ1) is 23.4. The quantitative estimate of drug-likeness (QED) is 0.367. The van der Waals surface area contributed by atoms with Gasteiger partial charge in [0.05, 0.1) is 31.8 Å². The molecule has 1 N–H and O–H groups in total. The van der Waals surface area contributed by atoms with Gasteiger partial charge in [-0.05, 0) is 36.1 Å². The Hall–Kier alpha value is -4.70. The zero-order valence-electron chi connectivity index (χ0n) is 21.2. The Morgan fingerprint density at radius 3 is 2.44 bits per heavy atom. The summed E-state index contributed by atoms with van der Waals surface area (Å²) < 4.78 is 22.2. The average molecular weight is 527 g/mol. The highest BCUT2D eigenvalue weighted by molar-refractivity contribution is 6.32. The Morgan fingerprint density at radius 1 is 0.949 bits per heavy atom. The molecular weight excluding hydrogens is 506 g/mol. The second kappa shape index (κ2) is 7.67. The molecule has 4 aromatic rings. The molecular formula is C29H21NO9. The van der Waals surface area contributed by atoms with Crippen LogP contribution in [0.3, 0.4) is 0 Å². The summed E-state index contributed by atoms with van der Waals surface area (Å²) in [7, 11) is 2.83. The topological polar surface area (TPSA) is 133 Å². The molecule has 1 aromatic heterocycles. The van der Waals surface area contributed by atoms with Crippen LogP contribution in [-0.2, 0) is 11.2 Å². The van der Waals surface area contributed by atoms with Crippen molar-refractivity contribution >= 4 is 39.2 Å². The summed E-state index contributed by atoms with van der Waals surface area (Å²) in [6.45, 7) is 2.56. The number of carbonyl (C=O) groups is 3. The van der Waals surface area contributed by atoms with E-state index in [2.05, 4.69) is 0 Å². The van der Waals surface area contributed by atoms with Crippen molar-refractivity contribution in [1.82, 2.24) is 4.90 Å². The van der Waals surface area contributed by atoms with Crippen molar-refractivity contribution in [1.29, 1.82) is 0 Å². The molecule has 3 heterocycles. The predicted octanol–water partition coefficient (Wildman–Crippen LogP) is 3.19. The molecule has 7 rings (SSSR count). The zero-order valence-corrected chi connectivity index (χ0v) is 21.2. The van der Waals surface area contributed by atoms with Gasteiger partial charge in [0, 0.05) is 35.5 Å². The number of aromatic hydroxyl groups is 1. The number of hydrogen-bond donors (Lipinski definition) is 1. The number of phenolic OH excluding ortho intramolecular Hbond substituents is 1. The van der Waals surface area contributed by atoms with Crippen molar-refractivity contribution < 1.29 is 38.1 Å². The maximum atomic E-state index is 14.0. The predicted molar refractivity (Wildman–Crippen MR) is 137 cm³/mol. The van der Waals surface area contributed by atoms with Crippen LogP contribution in [0.1, 0.15) is 54.9 Å². The van der Waals surface area contributed by atoms with E-state index in [4.69, 9.17) is 18.6 Å². The van der Waals surface area contributed by atoms with Crippen molar-refractivity contribution in [3.8, 4) is 17.2 Å². The third-order valence-corrected chi connectivity index (χ3v) is 7.94. The third-order valence-electron chi connectivity index (χ3n) is 7.94. The van der Waals surface area contributed by atoms with E-state index in [1.54, 1.807) is 17.0 Å². The van der Waals surface area contributed by atoms with Crippen LogP contribution in [0, 0.1) is 0 Å². The molecule has 1 atom stereocenters. The van der Waals surface area contributed by atoms with Gasteiger partial charge >= 0.3 is 0 Å². The molecule has 196 valence electrons. The van der Waals surface area contributed by atoms with E-state index in [9.17, 15) is 24.3 Å². The SMILES string of the molecule is COc1cc2oc3c(c(=O)c2cc1OC)C(=O)c1c(ccc2cc4c(c(O)c12)C(=O)N1CCO[C@@]1(C)C4)C3=O. The van der Waals surface area contributed by atoms with Crippen LogP contribution in [0.15, 0.2) is 39.5 Å². The fourth-order valence-corrected chi connectivity index (χ4v) is 6.09. The first-order chi connectivity index (χ1) is 18.7. The van der Waals surface area contributed by atoms with Crippen LogP contribution in [0.4, 0.5) is 0 Å². The largest absolute Gasteiger partial charge is 0.506 e. The zero-order chi connectivity index (χ0) is 27.4. The molecule has 3 aromatic carbocycles. The van der Waals surface area contributed by atoms with Gasteiger partial charge in [-0.15, -0.1) is 0 Å². The summed E-state index contributed by atoms with van der Waals surface area (Å²) in [6.07, 6.45) is 0.352. The van der Waals surface area contributed by atoms with Gasteiger partial charge < -0.3 is 28.6 Å². The minimum atomic E-state index is -0.826. The summed E-state index contributed by atoms with van der Waals surface area (Å²) in [5.74, 6) is -2.14. The Kier molecular flexibility index (Phi) is 4.61. The number of nitrogens with zero attached hydrogens (tertiary/aromatic N) is 1. The molecule has 1 saturated heterocycles. The number of rotatable bonds is 2. The van der Waals surface area contributed by atoms with Crippen LogP contribution in [-0.4, -0.2) is 60.6 Å². The van der Waals surface area contributed by atoms with Crippen molar-refractivity contribution in [3.63, 3.8) is 0 Å². The second-order valence-electron chi connectivity index (χ2n) is 10.00. The molecule has 39 heavy (non-hydrogen) atoms. The highest BCUT2D eigenvalue weighted by Crippen LogP contribution is 2.45. The number of methoxy groups -OCH3 is 2. The smallest absolute Gasteiger partial charge is 0.260 e. The lowest BCUT2D eigenvalue weighted by Gasteiger charge is -2.39. The summed E-state index contributed by atoms with van der Waals surface area (Å²) in [5, 5.41) is 12.0.